The van der Waals surface area contributed by atoms with Crippen molar-refractivity contribution in [2.24, 2.45) is 0 Å². The van der Waals surface area contributed by atoms with E-state index in [0.29, 0.717) is 36.1 Å². The van der Waals surface area contributed by atoms with Crippen LogP contribution >= 0.6 is 11.6 Å². The normalized spacial score (nSPS) is 13.1. The van der Waals surface area contributed by atoms with Crippen molar-refractivity contribution in [3.05, 3.63) is 57.5 Å². The average molecular weight is 406 g/mol. The fourth-order valence-electron chi connectivity index (χ4n) is 2.84. The molecule has 0 saturated carbocycles. The number of amides is 2. The second-order valence-electron chi connectivity index (χ2n) is 6.17. The largest absolute Gasteiger partial charge is 0.491 e. The molecule has 9 heteroatoms. The number of hydrogen-bond acceptors (Lipinski definition) is 5. The number of methoxy groups -OCH3 is 1. The van der Waals surface area contributed by atoms with Crippen LogP contribution in [0.15, 0.2) is 41.3 Å². The number of nitrogens with zero attached hydrogens (tertiary/aromatic N) is 2. The van der Waals surface area contributed by atoms with Gasteiger partial charge in [0.2, 0.25) is 5.43 Å². The molecule has 2 amide bonds. The molecule has 2 heterocycles. The van der Waals surface area contributed by atoms with Crippen molar-refractivity contribution in [2.75, 3.05) is 33.4 Å². The van der Waals surface area contributed by atoms with E-state index in [1.807, 2.05) is 0 Å². The Labute approximate surface area is 166 Å². The van der Waals surface area contributed by atoms with Crippen LogP contribution in [0.5, 0.6) is 11.5 Å². The second kappa shape index (κ2) is 8.79. The number of fused-ring (bicyclic) bond motifs is 1. The zero-order valence-corrected chi connectivity index (χ0v) is 16.1. The van der Waals surface area contributed by atoms with Crippen molar-refractivity contribution in [3.8, 4) is 11.5 Å². The first-order chi connectivity index (χ1) is 13.5. The number of aromatic nitrogens is 1. The monoisotopic (exact) mass is 405 g/mol. The fourth-order valence-corrected chi connectivity index (χ4v) is 2.97. The maximum atomic E-state index is 12.6. The molecule has 148 valence electrons. The van der Waals surface area contributed by atoms with Crippen LogP contribution in [-0.2, 0) is 11.3 Å². The summed E-state index contributed by atoms with van der Waals surface area (Å²) in [6.45, 7) is 1.52. The molecule has 0 unspecified atom stereocenters. The van der Waals surface area contributed by atoms with Crippen LogP contribution in [0.4, 0.5) is 0 Å². The zero-order chi connectivity index (χ0) is 20.1. The predicted octanol–water partition coefficient (Wildman–Crippen LogP) is 1.16. The molecule has 0 spiro atoms. The number of benzene rings is 1. The number of rotatable bonds is 7. The van der Waals surface area contributed by atoms with Gasteiger partial charge in [-0.15, -0.1) is 0 Å². The second-order valence-corrected chi connectivity index (χ2v) is 6.61. The summed E-state index contributed by atoms with van der Waals surface area (Å²) >= 11 is 5.79. The summed E-state index contributed by atoms with van der Waals surface area (Å²) in [7, 11) is 1.42. The lowest BCUT2D eigenvalue weighted by molar-refractivity contribution is -0.123. The Morgan fingerprint density at radius 2 is 1.96 bits per heavy atom. The fraction of sp³-hybridized carbons (Fsp3) is 0.316. The molecule has 28 heavy (non-hydrogen) atoms. The summed E-state index contributed by atoms with van der Waals surface area (Å²) in [5.41, 5.74) is -0.0222. The minimum atomic E-state index is -0.336. The zero-order valence-electron chi connectivity index (χ0n) is 15.3. The minimum Gasteiger partial charge on any atom is -0.491 e. The van der Waals surface area contributed by atoms with Gasteiger partial charge >= 0.3 is 0 Å². The van der Waals surface area contributed by atoms with Crippen molar-refractivity contribution < 1.29 is 19.1 Å². The first kappa shape index (κ1) is 19.8. The lowest BCUT2D eigenvalue weighted by Crippen LogP contribution is -2.45. The average Bonchev–Trinajstić information content (AvgIpc) is 2.69. The summed E-state index contributed by atoms with van der Waals surface area (Å²) < 4.78 is 12.1. The van der Waals surface area contributed by atoms with Crippen LogP contribution in [0.1, 0.15) is 10.5 Å². The van der Waals surface area contributed by atoms with Crippen LogP contribution < -0.4 is 20.2 Å². The lowest BCUT2D eigenvalue weighted by atomic mass is 10.2. The molecule has 0 bridgehead atoms. The Hall–Kier alpha value is -3.00. The molecular formula is C19H20ClN3O5. The summed E-state index contributed by atoms with van der Waals surface area (Å²) in [5, 5.41) is 3.30. The molecule has 3 rings (SSSR count). The quantitative estimate of drug-likeness (QED) is 0.746. The molecule has 0 fully saturated rings. The summed E-state index contributed by atoms with van der Waals surface area (Å²) in [6, 6.07) is 7.99. The third kappa shape index (κ3) is 4.64. The Kier molecular flexibility index (Phi) is 6.20. The SMILES string of the molecule is COc1cn2c(cc1=O)C(=O)N(CCNC(=O)COc1ccc(Cl)cc1)CC2. The van der Waals surface area contributed by atoms with Gasteiger partial charge < -0.3 is 24.3 Å². The minimum absolute atomic E-state index is 0.131. The lowest BCUT2D eigenvalue weighted by Gasteiger charge is -2.30. The van der Waals surface area contributed by atoms with Crippen molar-refractivity contribution in [1.29, 1.82) is 0 Å². The summed E-state index contributed by atoms with van der Waals surface area (Å²) in [5.74, 6) is 0.208. The molecule has 0 atom stereocenters. The van der Waals surface area contributed by atoms with Crippen molar-refractivity contribution in [2.45, 2.75) is 6.54 Å². The smallest absolute Gasteiger partial charge is 0.270 e. The number of carbonyl (C=O) groups excluding carboxylic acids is 2. The van der Waals surface area contributed by atoms with Gasteiger partial charge in [-0.3, -0.25) is 14.4 Å². The number of nitrogens with one attached hydrogen (secondary N) is 1. The van der Waals surface area contributed by atoms with Gasteiger partial charge in [0, 0.05) is 37.3 Å². The highest BCUT2D eigenvalue weighted by Crippen LogP contribution is 2.15. The molecule has 0 radical (unpaired) electrons. The molecule has 2 aromatic rings. The molecule has 1 aromatic heterocycles. The van der Waals surface area contributed by atoms with E-state index >= 15 is 0 Å². The van der Waals surface area contributed by atoms with Gasteiger partial charge in [0.15, 0.2) is 12.4 Å². The van der Waals surface area contributed by atoms with Crippen LogP contribution in [0, 0.1) is 0 Å². The van der Waals surface area contributed by atoms with E-state index in [9.17, 15) is 14.4 Å². The Morgan fingerprint density at radius 1 is 1.21 bits per heavy atom. The summed E-state index contributed by atoms with van der Waals surface area (Å²) in [6.07, 6.45) is 1.54. The van der Waals surface area contributed by atoms with Crippen LogP contribution in [0.25, 0.3) is 0 Å². The van der Waals surface area contributed by atoms with Crippen molar-refractivity contribution in [3.63, 3.8) is 0 Å². The molecule has 8 nitrogen and oxygen atoms in total. The molecule has 1 N–H and O–H groups in total. The standard InChI is InChI=1S/C19H20ClN3O5/c1-27-17-11-23-9-8-22(19(26)15(23)10-16(17)24)7-6-21-18(25)12-28-14-4-2-13(20)3-5-14/h2-5,10-11H,6-9,12H2,1H3,(H,21,25). The first-order valence-electron chi connectivity index (χ1n) is 8.71. The molecule has 0 saturated heterocycles. The van der Waals surface area contributed by atoms with E-state index < -0.39 is 0 Å². The van der Waals surface area contributed by atoms with E-state index in [0.717, 1.165) is 0 Å². The molecular weight excluding hydrogens is 386 g/mol. The van der Waals surface area contributed by atoms with Crippen molar-refractivity contribution >= 4 is 23.4 Å². The highest BCUT2D eigenvalue weighted by atomic mass is 35.5. The molecule has 1 aliphatic heterocycles. The van der Waals surface area contributed by atoms with Gasteiger partial charge in [-0.1, -0.05) is 11.6 Å². The van der Waals surface area contributed by atoms with Gasteiger partial charge in [0.25, 0.3) is 11.8 Å². The maximum absolute atomic E-state index is 12.6. The maximum Gasteiger partial charge on any atom is 0.270 e. The van der Waals surface area contributed by atoms with Gasteiger partial charge in [-0.2, -0.15) is 0 Å². The molecule has 0 aliphatic carbocycles. The van der Waals surface area contributed by atoms with E-state index in [-0.39, 0.29) is 36.1 Å². The van der Waals surface area contributed by atoms with Crippen LogP contribution in [0.2, 0.25) is 5.02 Å². The number of halogens is 1. The molecule has 1 aromatic carbocycles. The number of ether oxygens (including phenoxy) is 2. The first-order valence-corrected chi connectivity index (χ1v) is 9.08. The van der Waals surface area contributed by atoms with Gasteiger partial charge in [-0.05, 0) is 24.3 Å². The van der Waals surface area contributed by atoms with E-state index in [4.69, 9.17) is 21.1 Å². The van der Waals surface area contributed by atoms with Gasteiger partial charge in [-0.25, -0.2) is 0 Å². The highest BCUT2D eigenvalue weighted by Gasteiger charge is 2.24. The highest BCUT2D eigenvalue weighted by molar-refractivity contribution is 6.30. The van der Waals surface area contributed by atoms with E-state index in [2.05, 4.69) is 5.32 Å². The van der Waals surface area contributed by atoms with Gasteiger partial charge in [0.1, 0.15) is 11.4 Å². The predicted molar refractivity (Wildman–Crippen MR) is 103 cm³/mol. The molecule has 1 aliphatic rings. The topological polar surface area (TPSA) is 89.9 Å². The third-order valence-corrected chi connectivity index (χ3v) is 4.57. The van der Waals surface area contributed by atoms with Crippen LogP contribution in [-0.4, -0.2) is 54.6 Å². The van der Waals surface area contributed by atoms with Crippen molar-refractivity contribution in [1.82, 2.24) is 14.8 Å². The van der Waals surface area contributed by atoms with E-state index in [1.54, 1.807) is 39.9 Å². The Bertz CT molecular complexity index is 926. The number of pyridine rings is 1. The number of carbonyl (C=O) groups is 2. The number of hydrogen-bond donors (Lipinski definition) is 1. The van der Waals surface area contributed by atoms with Gasteiger partial charge in [0.05, 0.1) is 13.3 Å². The Morgan fingerprint density at radius 3 is 2.68 bits per heavy atom. The Balaban J connectivity index is 1.48. The third-order valence-electron chi connectivity index (χ3n) is 4.32. The summed E-state index contributed by atoms with van der Waals surface area (Å²) in [4.78, 5) is 38.0. The van der Waals surface area contributed by atoms with Crippen LogP contribution in [0.3, 0.4) is 0 Å². The van der Waals surface area contributed by atoms with E-state index in [1.165, 1.54) is 13.2 Å².